The lowest BCUT2D eigenvalue weighted by molar-refractivity contribution is 0.600. The summed E-state index contributed by atoms with van der Waals surface area (Å²) in [7, 11) is -3.60. The Labute approximate surface area is 124 Å². The average Bonchev–Trinajstić information content (AvgIpc) is 2.38. The molecule has 0 spiro atoms. The Bertz CT molecular complexity index is 726. The molecule has 0 unspecified atom stereocenters. The third-order valence-corrected chi connectivity index (χ3v) is 4.84. The summed E-state index contributed by atoms with van der Waals surface area (Å²) in [4.78, 5) is 0.285. The van der Waals surface area contributed by atoms with Crippen molar-refractivity contribution in [3.8, 4) is 0 Å². The normalized spacial score (nSPS) is 11.3. The van der Waals surface area contributed by atoms with Gasteiger partial charge in [0.1, 0.15) is 0 Å². The van der Waals surface area contributed by atoms with E-state index in [4.69, 9.17) is 11.6 Å². The molecule has 0 aliphatic heterocycles. The summed E-state index contributed by atoms with van der Waals surface area (Å²) in [5.74, 6) is 0.256. The molecule has 5 heteroatoms. The van der Waals surface area contributed by atoms with Crippen LogP contribution in [0, 0.1) is 13.8 Å². The van der Waals surface area contributed by atoms with Crippen LogP contribution in [0.3, 0.4) is 0 Å². The maximum Gasteiger partial charge on any atom is 0.262 e. The summed E-state index contributed by atoms with van der Waals surface area (Å²) in [6.45, 7) is 3.72. The lowest BCUT2D eigenvalue weighted by Crippen LogP contribution is -2.15. The molecule has 1 N–H and O–H groups in total. The third kappa shape index (κ3) is 3.14. The standard InChI is InChI=1S/C15H16ClNO2S/c1-11-7-8-15(12(2)9-11)20(18,19)17-14-6-4-3-5-13(14)10-16/h3-9,17H,10H2,1-2H3. The molecule has 0 aromatic heterocycles. The number of nitrogens with one attached hydrogen (secondary N) is 1. The first kappa shape index (κ1) is 14.9. The molecule has 20 heavy (non-hydrogen) atoms. The van der Waals surface area contributed by atoms with Gasteiger partial charge in [-0.3, -0.25) is 4.72 Å². The molecule has 2 aromatic rings. The van der Waals surface area contributed by atoms with Crippen molar-refractivity contribution in [1.29, 1.82) is 0 Å². The molecule has 0 atom stereocenters. The van der Waals surface area contributed by atoms with E-state index in [0.717, 1.165) is 16.7 Å². The molecule has 2 rings (SSSR count). The summed E-state index contributed by atoms with van der Waals surface area (Å²) in [5.41, 5.74) is 3.02. The minimum atomic E-state index is -3.60. The summed E-state index contributed by atoms with van der Waals surface area (Å²) in [6.07, 6.45) is 0. The number of alkyl halides is 1. The molecule has 0 saturated heterocycles. The van der Waals surface area contributed by atoms with Crippen LogP contribution in [0.5, 0.6) is 0 Å². The van der Waals surface area contributed by atoms with Gasteiger partial charge in [-0.2, -0.15) is 0 Å². The van der Waals surface area contributed by atoms with E-state index in [-0.39, 0.29) is 10.8 Å². The molecule has 0 aliphatic carbocycles. The first-order chi connectivity index (χ1) is 9.44. The zero-order valence-corrected chi connectivity index (χ0v) is 12.9. The molecule has 106 valence electrons. The highest BCUT2D eigenvalue weighted by Gasteiger charge is 2.17. The van der Waals surface area contributed by atoms with Gasteiger partial charge in [0.15, 0.2) is 0 Å². The van der Waals surface area contributed by atoms with Gasteiger partial charge < -0.3 is 0 Å². The van der Waals surface area contributed by atoms with Crippen molar-refractivity contribution in [2.24, 2.45) is 0 Å². The fourth-order valence-corrected chi connectivity index (χ4v) is 3.60. The Morgan fingerprint density at radius 1 is 1.10 bits per heavy atom. The molecule has 0 bridgehead atoms. The largest absolute Gasteiger partial charge is 0.279 e. The Morgan fingerprint density at radius 3 is 2.45 bits per heavy atom. The van der Waals surface area contributed by atoms with Crippen LogP contribution in [-0.4, -0.2) is 8.42 Å². The van der Waals surface area contributed by atoms with E-state index in [1.165, 1.54) is 0 Å². The maximum atomic E-state index is 12.4. The number of para-hydroxylation sites is 1. The number of halogens is 1. The SMILES string of the molecule is Cc1ccc(S(=O)(=O)Nc2ccccc2CCl)c(C)c1. The van der Waals surface area contributed by atoms with Gasteiger partial charge in [0, 0.05) is 5.88 Å². The second-order valence-corrected chi connectivity index (χ2v) is 6.58. The third-order valence-electron chi connectivity index (χ3n) is 3.03. The highest BCUT2D eigenvalue weighted by Crippen LogP contribution is 2.23. The van der Waals surface area contributed by atoms with Crippen LogP contribution in [0.15, 0.2) is 47.4 Å². The minimum Gasteiger partial charge on any atom is -0.279 e. The summed E-state index contributed by atoms with van der Waals surface area (Å²) in [6, 6.07) is 12.4. The van der Waals surface area contributed by atoms with Crippen molar-refractivity contribution in [3.05, 3.63) is 59.2 Å². The van der Waals surface area contributed by atoms with E-state index >= 15 is 0 Å². The number of hydrogen-bond acceptors (Lipinski definition) is 2. The molecule has 3 nitrogen and oxygen atoms in total. The zero-order chi connectivity index (χ0) is 14.8. The van der Waals surface area contributed by atoms with E-state index < -0.39 is 10.0 Å². The van der Waals surface area contributed by atoms with Crippen LogP contribution >= 0.6 is 11.6 Å². The van der Waals surface area contributed by atoms with Gasteiger partial charge in [-0.25, -0.2) is 8.42 Å². The Morgan fingerprint density at radius 2 is 1.80 bits per heavy atom. The minimum absolute atomic E-state index is 0.256. The van der Waals surface area contributed by atoms with Crippen LogP contribution in [-0.2, 0) is 15.9 Å². The molecule has 0 radical (unpaired) electrons. The first-order valence-corrected chi connectivity index (χ1v) is 8.20. The van der Waals surface area contributed by atoms with Crippen LogP contribution in [0.1, 0.15) is 16.7 Å². The van der Waals surface area contributed by atoms with Gasteiger partial charge in [-0.05, 0) is 37.1 Å². The van der Waals surface area contributed by atoms with Crippen molar-refractivity contribution in [3.63, 3.8) is 0 Å². The molecule has 0 aliphatic rings. The molecule has 2 aromatic carbocycles. The van der Waals surface area contributed by atoms with Gasteiger partial charge in [0.25, 0.3) is 10.0 Å². The number of benzene rings is 2. The molecule has 0 heterocycles. The molecular weight excluding hydrogens is 294 g/mol. The van der Waals surface area contributed by atoms with E-state index in [9.17, 15) is 8.42 Å². The predicted molar refractivity (Wildman–Crippen MR) is 82.7 cm³/mol. The van der Waals surface area contributed by atoms with Gasteiger partial charge in [-0.1, -0.05) is 35.9 Å². The number of aryl methyl sites for hydroxylation is 2. The van der Waals surface area contributed by atoms with E-state index in [0.29, 0.717) is 5.69 Å². The van der Waals surface area contributed by atoms with Crippen LogP contribution in [0.25, 0.3) is 0 Å². The van der Waals surface area contributed by atoms with Crippen LogP contribution < -0.4 is 4.72 Å². The van der Waals surface area contributed by atoms with Crippen molar-refractivity contribution in [1.82, 2.24) is 0 Å². The smallest absolute Gasteiger partial charge is 0.262 e. The summed E-state index contributed by atoms with van der Waals surface area (Å²) in [5, 5.41) is 0. The maximum absolute atomic E-state index is 12.4. The van der Waals surface area contributed by atoms with E-state index in [2.05, 4.69) is 4.72 Å². The van der Waals surface area contributed by atoms with Crippen LogP contribution in [0.4, 0.5) is 5.69 Å². The van der Waals surface area contributed by atoms with Gasteiger partial charge in [0.05, 0.1) is 10.6 Å². The van der Waals surface area contributed by atoms with Crippen molar-refractivity contribution in [2.45, 2.75) is 24.6 Å². The highest BCUT2D eigenvalue weighted by atomic mass is 35.5. The van der Waals surface area contributed by atoms with Gasteiger partial charge in [0.2, 0.25) is 0 Å². The molecule has 0 fully saturated rings. The second kappa shape index (κ2) is 5.85. The molecule has 0 saturated carbocycles. The van der Waals surface area contributed by atoms with Gasteiger partial charge >= 0.3 is 0 Å². The van der Waals surface area contributed by atoms with Crippen LogP contribution in [0.2, 0.25) is 0 Å². The zero-order valence-electron chi connectivity index (χ0n) is 11.4. The number of anilines is 1. The number of hydrogen-bond donors (Lipinski definition) is 1. The fourth-order valence-electron chi connectivity index (χ4n) is 2.04. The Kier molecular flexibility index (Phi) is 4.35. The van der Waals surface area contributed by atoms with Crippen molar-refractivity contribution in [2.75, 3.05) is 4.72 Å². The first-order valence-electron chi connectivity index (χ1n) is 6.18. The van der Waals surface area contributed by atoms with E-state index in [1.54, 1.807) is 37.3 Å². The Balaban J connectivity index is 2.41. The van der Waals surface area contributed by atoms with E-state index in [1.807, 2.05) is 19.1 Å². The van der Waals surface area contributed by atoms with Gasteiger partial charge in [-0.15, -0.1) is 11.6 Å². The molecule has 0 amide bonds. The average molecular weight is 310 g/mol. The summed E-state index contributed by atoms with van der Waals surface area (Å²) >= 11 is 5.82. The number of sulfonamides is 1. The van der Waals surface area contributed by atoms with Crippen molar-refractivity contribution < 1.29 is 8.42 Å². The Hall–Kier alpha value is -1.52. The lowest BCUT2D eigenvalue weighted by Gasteiger charge is -2.13. The topological polar surface area (TPSA) is 46.2 Å². The fraction of sp³-hybridized carbons (Fsp3) is 0.200. The molecular formula is C15H16ClNO2S. The second-order valence-electron chi connectivity index (χ2n) is 4.67. The summed E-state index contributed by atoms with van der Waals surface area (Å²) < 4.78 is 27.5. The predicted octanol–water partition coefficient (Wildman–Crippen LogP) is 3.84. The monoisotopic (exact) mass is 309 g/mol. The quantitative estimate of drug-likeness (QED) is 0.872. The number of rotatable bonds is 4. The highest BCUT2D eigenvalue weighted by molar-refractivity contribution is 7.92. The van der Waals surface area contributed by atoms with Crippen molar-refractivity contribution >= 4 is 27.3 Å². The lowest BCUT2D eigenvalue weighted by atomic mass is 10.2.